The molecular formula is C14H29N3O2S. The predicted molar refractivity (Wildman–Crippen MR) is 86.9 cm³/mol. The quantitative estimate of drug-likeness (QED) is 0.699. The molecule has 0 spiro atoms. The molecule has 1 amide bonds. The van der Waals surface area contributed by atoms with Gasteiger partial charge in [-0.05, 0) is 67.6 Å². The second kappa shape index (κ2) is 6.61. The van der Waals surface area contributed by atoms with Crippen molar-refractivity contribution in [2.24, 2.45) is 0 Å². The lowest BCUT2D eigenvalue weighted by atomic mass is 10.1. The molecule has 3 N–H and O–H groups in total. The second-order valence-electron chi connectivity index (χ2n) is 7.57. The van der Waals surface area contributed by atoms with Crippen LogP contribution < -0.4 is 16.0 Å². The van der Waals surface area contributed by atoms with E-state index in [0.29, 0.717) is 11.7 Å². The summed E-state index contributed by atoms with van der Waals surface area (Å²) in [4.78, 5) is 11.6. The molecule has 0 heterocycles. The van der Waals surface area contributed by atoms with Crippen LogP contribution in [0.25, 0.3) is 0 Å². The highest BCUT2D eigenvalue weighted by molar-refractivity contribution is 7.80. The third-order valence-electron chi connectivity index (χ3n) is 2.01. The molecule has 20 heavy (non-hydrogen) atoms. The second-order valence-corrected chi connectivity index (χ2v) is 7.98. The molecule has 0 fully saturated rings. The SMILES string of the molecule is CC(C)(C)NC(=S)NC(C)(C)CNC(=O)OC(C)(C)C. The summed E-state index contributed by atoms with van der Waals surface area (Å²) in [5, 5.41) is 9.66. The summed E-state index contributed by atoms with van der Waals surface area (Å²) in [7, 11) is 0. The Labute approximate surface area is 128 Å². The van der Waals surface area contributed by atoms with Gasteiger partial charge in [0.2, 0.25) is 0 Å². The van der Waals surface area contributed by atoms with Crippen molar-refractivity contribution < 1.29 is 9.53 Å². The molecule has 118 valence electrons. The number of amides is 1. The smallest absolute Gasteiger partial charge is 0.407 e. The summed E-state index contributed by atoms with van der Waals surface area (Å²) in [5.74, 6) is 0. The van der Waals surface area contributed by atoms with Crippen LogP contribution in [0, 0.1) is 0 Å². The number of hydrogen-bond donors (Lipinski definition) is 3. The van der Waals surface area contributed by atoms with Gasteiger partial charge in [0, 0.05) is 12.1 Å². The van der Waals surface area contributed by atoms with Crippen LogP contribution in [0.1, 0.15) is 55.4 Å². The van der Waals surface area contributed by atoms with E-state index in [4.69, 9.17) is 17.0 Å². The monoisotopic (exact) mass is 303 g/mol. The molecule has 0 saturated carbocycles. The molecule has 0 aromatic heterocycles. The first-order chi connectivity index (χ1) is 8.70. The Kier molecular flexibility index (Phi) is 6.26. The molecule has 0 aliphatic heterocycles. The molecule has 0 aromatic carbocycles. The molecular weight excluding hydrogens is 274 g/mol. The fourth-order valence-corrected chi connectivity index (χ4v) is 1.91. The molecule has 0 saturated heterocycles. The minimum atomic E-state index is -0.495. The highest BCUT2D eigenvalue weighted by atomic mass is 32.1. The average molecular weight is 303 g/mol. The van der Waals surface area contributed by atoms with Crippen molar-refractivity contribution in [3.8, 4) is 0 Å². The summed E-state index contributed by atoms with van der Waals surface area (Å²) >= 11 is 5.25. The first-order valence-corrected chi connectivity index (χ1v) is 7.18. The summed E-state index contributed by atoms with van der Waals surface area (Å²) in [6, 6.07) is 0. The fraction of sp³-hybridized carbons (Fsp3) is 0.857. The van der Waals surface area contributed by atoms with E-state index in [9.17, 15) is 4.79 Å². The van der Waals surface area contributed by atoms with Gasteiger partial charge in [0.1, 0.15) is 5.60 Å². The predicted octanol–water partition coefficient (Wildman–Crippen LogP) is 2.55. The number of hydrogen-bond acceptors (Lipinski definition) is 3. The Hall–Kier alpha value is -1.04. The van der Waals surface area contributed by atoms with Crippen molar-refractivity contribution in [2.75, 3.05) is 6.54 Å². The van der Waals surface area contributed by atoms with E-state index in [1.807, 2.05) is 55.4 Å². The van der Waals surface area contributed by atoms with Crippen LogP contribution in [-0.2, 0) is 4.74 Å². The summed E-state index contributed by atoms with van der Waals surface area (Å²) in [5.41, 5.74) is -0.963. The van der Waals surface area contributed by atoms with Crippen LogP contribution in [0.3, 0.4) is 0 Å². The van der Waals surface area contributed by atoms with E-state index in [2.05, 4.69) is 16.0 Å². The lowest BCUT2D eigenvalue weighted by Crippen LogP contribution is -2.57. The van der Waals surface area contributed by atoms with E-state index >= 15 is 0 Å². The maximum absolute atomic E-state index is 11.6. The topological polar surface area (TPSA) is 62.4 Å². The molecule has 0 aliphatic rings. The van der Waals surface area contributed by atoms with E-state index in [1.165, 1.54) is 0 Å². The van der Waals surface area contributed by atoms with E-state index < -0.39 is 11.7 Å². The van der Waals surface area contributed by atoms with Gasteiger partial charge in [-0.25, -0.2) is 4.79 Å². The van der Waals surface area contributed by atoms with Gasteiger partial charge in [-0.3, -0.25) is 0 Å². The van der Waals surface area contributed by atoms with Gasteiger partial charge in [0.05, 0.1) is 5.54 Å². The Morgan fingerprint density at radius 2 is 1.50 bits per heavy atom. The van der Waals surface area contributed by atoms with E-state index in [-0.39, 0.29) is 11.1 Å². The van der Waals surface area contributed by atoms with E-state index in [0.717, 1.165) is 0 Å². The fourth-order valence-electron chi connectivity index (χ4n) is 1.33. The summed E-state index contributed by atoms with van der Waals surface area (Å²) < 4.78 is 5.19. The number of alkyl carbamates (subject to hydrolysis) is 1. The van der Waals surface area contributed by atoms with Crippen molar-refractivity contribution >= 4 is 23.4 Å². The van der Waals surface area contributed by atoms with Gasteiger partial charge in [-0.15, -0.1) is 0 Å². The summed E-state index contributed by atoms with van der Waals surface area (Å²) in [6.07, 6.45) is -0.429. The van der Waals surface area contributed by atoms with Crippen LogP contribution >= 0.6 is 12.2 Å². The Morgan fingerprint density at radius 1 is 1.00 bits per heavy atom. The van der Waals surface area contributed by atoms with Crippen LogP contribution in [0.5, 0.6) is 0 Å². The molecule has 0 aromatic rings. The number of ether oxygens (including phenoxy) is 1. The van der Waals surface area contributed by atoms with E-state index in [1.54, 1.807) is 0 Å². The maximum atomic E-state index is 11.6. The van der Waals surface area contributed by atoms with Crippen LogP contribution in [-0.4, -0.2) is 34.4 Å². The van der Waals surface area contributed by atoms with Gasteiger partial charge in [-0.2, -0.15) is 0 Å². The first kappa shape index (κ1) is 19.0. The van der Waals surface area contributed by atoms with Gasteiger partial charge in [0.15, 0.2) is 5.11 Å². The zero-order valence-corrected chi connectivity index (χ0v) is 14.7. The van der Waals surface area contributed by atoms with Crippen LogP contribution in [0.4, 0.5) is 4.79 Å². The third-order valence-corrected chi connectivity index (χ3v) is 2.22. The number of thiocarbonyl (C=S) groups is 1. The maximum Gasteiger partial charge on any atom is 0.407 e. The number of carbonyl (C=O) groups excluding carboxylic acids is 1. The molecule has 5 nitrogen and oxygen atoms in total. The van der Waals surface area contributed by atoms with Crippen molar-refractivity contribution in [1.29, 1.82) is 0 Å². The standard InChI is InChI=1S/C14H29N3O2S/c1-12(2,3)16-10(20)17-14(7,8)9-15-11(18)19-13(4,5)6/h9H2,1-8H3,(H,15,18)(H2,16,17,20). The number of carbonyl (C=O) groups is 1. The van der Waals surface area contributed by atoms with Crippen molar-refractivity contribution in [1.82, 2.24) is 16.0 Å². The first-order valence-electron chi connectivity index (χ1n) is 6.77. The lowest BCUT2D eigenvalue weighted by Gasteiger charge is -2.31. The lowest BCUT2D eigenvalue weighted by molar-refractivity contribution is 0.0516. The molecule has 0 unspecified atom stereocenters. The molecule has 0 atom stereocenters. The average Bonchev–Trinajstić information content (AvgIpc) is 2.07. The minimum Gasteiger partial charge on any atom is -0.444 e. The summed E-state index contributed by atoms with van der Waals surface area (Å²) in [6.45, 7) is 15.9. The van der Waals surface area contributed by atoms with Gasteiger partial charge >= 0.3 is 6.09 Å². The van der Waals surface area contributed by atoms with Gasteiger partial charge < -0.3 is 20.7 Å². The highest BCUT2D eigenvalue weighted by Gasteiger charge is 2.23. The van der Waals surface area contributed by atoms with Gasteiger partial charge in [-0.1, -0.05) is 0 Å². The van der Waals surface area contributed by atoms with Crippen LogP contribution in [0.15, 0.2) is 0 Å². The third kappa shape index (κ3) is 10.8. The van der Waals surface area contributed by atoms with Crippen molar-refractivity contribution in [3.05, 3.63) is 0 Å². The molecule has 0 rings (SSSR count). The Morgan fingerprint density at radius 3 is 1.90 bits per heavy atom. The number of rotatable bonds is 3. The minimum absolute atomic E-state index is 0.0985. The zero-order valence-electron chi connectivity index (χ0n) is 13.9. The zero-order chi connectivity index (χ0) is 16.2. The van der Waals surface area contributed by atoms with Gasteiger partial charge in [0.25, 0.3) is 0 Å². The number of nitrogens with one attached hydrogen (secondary N) is 3. The molecule has 6 heteroatoms. The van der Waals surface area contributed by atoms with Crippen molar-refractivity contribution in [2.45, 2.75) is 72.1 Å². The molecule has 0 bridgehead atoms. The van der Waals surface area contributed by atoms with Crippen molar-refractivity contribution in [3.63, 3.8) is 0 Å². The highest BCUT2D eigenvalue weighted by Crippen LogP contribution is 2.07. The van der Waals surface area contributed by atoms with Crippen LogP contribution in [0.2, 0.25) is 0 Å². The normalized spacial score (nSPS) is 12.6. The largest absolute Gasteiger partial charge is 0.444 e. The molecule has 0 aliphatic carbocycles. The molecule has 0 radical (unpaired) electrons. The Bertz CT molecular complexity index is 354. The Balaban J connectivity index is 4.26.